The number of benzene rings is 3. The highest BCUT2D eigenvalue weighted by Crippen LogP contribution is 2.28. The van der Waals surface area contributed by atoms with E-state index in [4.69, 9.17) is 24.2 Å². The number of carbonyl (C=O) groups excluding carboxylic acids is 1. The van der Waals surface area contributed by atoms with E-state index < -0.39 is 5.91 Å². The summed E-state index contributed by atoms with van der Waals surface area (Å²) in [7, 11) is 4.56. The van der Waals surface area contributed by atoms with Gasteiger partial charge in [0.1, 0.15) is 18.1 Å². The number of carbonyl (C=O) groups is 1. The third-order valence-corrected chi connectivity index (χ3v) is 4.63. The molecule has 0 fully saturated rings. The third-order valence-electron chi connectivity index (χ3n) is 4.63. The molecule has 3 rings (SSSR count). The number of nitrogens with one attached hydrogen (secondary N) is 1. The SMILES string of the molecule is COc1cc(OC)cc(C(=O)N/N=C\c2ccc(OCc3cccc(C#N)c3)c(OC)c2)c1. The van der Waals surface area contributed by atoms with Crippen LogP contribution in [0.25, 0.3) is 0 Å². The fraction of sp³-hybridized carbons (Fsp3) is 0.160. The molecule has 0 saturated carbocycles. The van der Waals surface area contributed by atoms with Gasteiger partial charge in [0.2, 0.25) is 0 Å². The van der Waals surface area contributed by atoms with Crippen LogP contribution in [0, 0.1) is 11.3 Å². The lowest BCUT2D eigenvalue weighted by atomic mass is 10.1. The Hall–Kier alpha value is -4.51. The molecule has 3 aromatic carbocycles. The van der Waals surface area contributed by atoms with Crippen LogP contribution in [-0.4, -0.2) is 33.5 Å². The third kappa shape index (κ3) is 6.24. The molecule has 0 spiro atoms. The van der Waals surface area contributed by atoms with E-state index >= 15 is 0 Å². The largest absolute Gasteiger partial charge is 0.497 e. The summed E-state index contributed by atoms with van der Waals surface area (Å²) in [5.74, 6) is 1.66. The minimum absolute atomic E-state index is 0.291. The second-order valence-corrected chi connectivity index (χ2v) is 6.81. The van der Waals surface area contributed by atoms with E-state index in [2.05, 4.69) is 16.6 Å². The molecule has 1 amide bonds. The number of rotatable bonds is 9. The minimum atomic E-state index is -0.407. The zero-order chi connectivity index (χ0) is 23.6. The van der Waals surface area contributed by atoms with E-state index in [1.807, 2.05) is 12.1 Å². The van der Waals surface area contributed by atoms with Crippen molar-refractivity contribution in [2.24, 2.45) is 5.10 Å². The fourth-order valence-corrected chi connectivity index (χ4v) is 2.94. The van der Waals surface area contributed by atoms with Gasteiger partial charge in [-0.1, -0.05) is 12.1 Å². The highest BCUT2D eigenvalue weighted by atomic mass is 16.5. The van der Waals surface area contributed by atoms with Crippen LogP contribution >= 0.6 is 0 Å². The van der Waals surface area contributed by atoms with Gasteiger partial charge in [-0.3, -0.25) is 4.79 Å². The lowest BCUT2D eigenvalue weighted by molar-refractivity contribution is 0.0954. The Balaban J connectivity index is 1.65. The summed E-state index contributed by atoms with van der Waals surface area (Å²) in [6.45, 7) is 0.291. The van der Waals surface area contributed by atoms with E-state index in [0.29, 0.717) is 46.3 Å². The van der Waals surface area contributed by atoms with Crippen LogP contribution in [0.4, 0.5) is 0 Å². The maximum absolute atomic E-state index is 12.4. The molecule has 8 nitrogen and oxygen atoms in total. The summed E-state index contributed by atoms with van der Waals surface area (Å²) in [6, 6.07) is 19.5. The molecule has 0 aromatic heterocycles. The van der Waals surface area contributed by atoms with Gasteiger partial charge in [0, 0.05) is 11.6 Å². The molecule has 0 aliphatic heterocycles. The van der Waals surface area contributed by atoms with Crippen molar-refractivity contribution in [3.63, 3.8) is 0 Å². The lowest BCUT2D eigenvalue weighted by Crippen LogP contribution is -2.17. The van der Waals surface area contributed by atoms with Crippen molar-refractivity contribution in [2.75, 3.05) is 21.3 Å². The number of nitrogens with zero attached hydrogens (tertiary/aromatic N) is 2. The first-order valence-electron chi connectivity index (χ1n) is 9.92. The molecular formula is C25H23N3O5. The van der Waals surface area contributed by atoms with Gasteiger partial charge in [0.25, 0.3) is 5.91 Å². The molecule has 33 heavy (non-hydrogen) atoms. The van der Waals surface area contributed by atoms with Crippen molar-refractivity contribution >= 4 is 12.1 Å². The summed E-state index contributed by atoms with van der Waals surface area (Å²) in [6.07, 6.45) is 1.50. The molecule has 0 aliphatic rings. The van der Waals surface area contributed by atoms with Gasteiger partial charge in [-0.2, -0.15) is 10.4 Å². The topological polar surface area (TPSA) is 102 Å². The van der Waals surface area contributed by atoms with Gasteiger partial charge >= 0.3 is 0 Å². The minimum Gasteiger partial charge on any atom is -0.497 e. The second-order valence-electron chi connectivity index (χ2n) is 6.81. The Morgan fingerprint density at radius 1 is 0.970 bits per heavy atom. The van der Waals surface area contributed by atoms with E-state index in [0.717, 1.165) is 5.56 Å². The van der Waals surface area contributed by atoms with Crippen molar-refractivity contribution in [3.05, 3.63) is 82.9 Å². The van der Waals surface area contributed by atoms with Gasteiger partial charge in [-0.15, -0.1) is 0 Å². The molecule has 0 aliphatic carbocycles. The number of ether oxygens (including phenoxy) is 4. The quantitative estimate of drug-likeness (QED) is 0.396. The summed E-state index contributed by atoms with van der Waals surface area (Å²) in [4.78, 5) is 12.4. The van der Waals surface area contributed by atoms with Gasteiger partial charge < -0.3 is 18.9 Å². The van der Waals surface area contributed by atoms with Crippen LogP contribution in [0.5, 0.6) is 23.0 Å². The van der Waals surface area contributed by atoms with Gasteiger partial charge in [0.05, 0.1) is 39.2 Å². The molecule has 0 radical (unpaired) electrons. The van der Waals surface area contributed by atoms with Crippen LogP contribution in [0.1, 0.15) is 27.0 Å². The standard InChI is InChI=1S/C25H23N3O5/c1-30-21-11-20(12-22(13-21)31-2)25(29)28-27-15-18-7-8-23(24(10-18)32-3)33-16-19-6-4-5-17(9-19)14-26/h4-13,15H,16H2,1-3H3,(H,28,29)/b27-15-. The summed E-state index contributed by atoms with van der Waals surface area (Å²) in [5, 5.41) is 13.0. The number of hydrogen-bond donors (Lipinski definition) is 1. The summed E-state index contributed by atoms with van der Waals surface area (Å²) >= 11 is 0. The Kier molecular flexibility index (Phi) is 7.86. The molecular weight excluding hydrogens is 422 g/mol. The van der Waals surface area contributed by atoms with Gasteiger partial charge in [-0.05, 0) is 53.6 Å². The van der Waals surface area contributed by atoms with E-state index in [1.165, 1.54) is 27.5 Å². The first-order chi connectivity index (χ1) is 16.1. The zero-order valence-corrected chi connectivity index (χ0v) is 18.5. The number of nitriles is 1. The number of hydrazone groups is 1. The summed E-state index contributed by atoms with van der Waals surface area (Å²) in [5.41, 5.74) is 4.98. The van der Waals surface area contributed by atoms with Crippen LogP contribution in [0.2, 0.25) is 0 Å². The molecule has 0 heterocycles. The molecule has 1 N–H and O–H groups in total. The van der Waals surface area contributed by atoms with Crippen molar-refractivity contribution in [1.82, 2.24) is 5.43 Å². The van der Waals surface area contributed by atoms with Gasteiger partial charge in [0.15, 0.2) is 11.5 Å². The zero-order valence-electron chi connectivity index (χ0n) is 18.5. The Labute approximate surface area is 192 Å². The smallest absolute Gasteiger partial charge is 0.271 e. The number of hydrogen-bond acceptors (Lipinski definition) is 7. The van der Waals surface area contributed by atoms with Crippen molar-refractivity contribution < 1.29 is 23.7 Å². The van der Waals surface area contributed by atoms with Crippen molar-refractivity contribution in [3.8, 4) is 29.1 Å². The number of methoxy groups -OCH3 is 3. The lowest BCUT2D eigenvalue weighted by Gasteiger charge is -2.11. The fourth-order valence-electron chi connectivity index (χ4n) is 2.94. The van der Waals surface area contributed by atoms with Crippen LogP contribution in [0.15, 0.2) is 65.8 Å². The van der Waals surface area contributed by atoms with E-state index in [9.17, 15) is 4.79 Å². The molecule has 168 valence electrons. The molecule has 3 aromatic rings. The van der Waals surface area contributed by atoms with E-state index in [-0.39, 0.29) is 0 Å². The average molecular weight is 445 g/mol. The highest BCUT2D eigenvalue weighted by Gasteiger charge is 2.10. The summed E-state index contributed by atoms with van der Waals surface area (Å²) < 4.78 is 21.6. The first-order valence-corrected chi connectivity index (χ1v) is 9.92. The van der Waals surface area contributed by atoms with Crippen molar-refractivity contribution in [1.29, 1.82) is 5.26 Å². The predicted octanol–water partition coefficient (Wildman–Crippen LogP) is 3.93. The normalized spacial score (nSPS) is 10.4. The molecule has 0 saturated heterocycles. The molecule has 0 bridgehead atoms. The number of amides is 1. The predicted molar refractivity (Wildman–Crippen MR) is 123 cm³/mol. The van der Waals surface area contributed by atoms with Crippen LogP contribution < -0.4 is 24.4 Å². The Bertz CT molecular complexity index is 1180. The second kappa shape index (κ2) is 11.2. The molecule has 0 unspecified atom stereocenters. The van der Waals surface area contributed by atoms with E-state index in [1.54, 1.807) is 48.5 Å². The maximum atomic E-state index is 12.4. The molecule has 8 heteroatoms. The Morgan fingerprint density at radius 3 is 2.39 bits per heavy atom. The first kappa shape index (κ1) is 23.2. The Morgan fingerprint density at radius 2 is 1.73 bits per heavy atom. The monoisotopic (exact) mass is 445 g/mol. The van der Waals surface area contributed by atoms with Crippen LogP contribution in [0.3, 0.4) is 0 Å². The molecule has 0 atom stereocenters. The van der Waals surface area contributed by atoms with Crippen molar-refractivity contribution in [2.45, 2.75) is 6.61 Å². The average Bonchev–Trinajstić information content (AvgIpc) is 2.87. The maximum Gasteiger partial charge on any atom is 0.271 e. The van der Waals surface area contributed by atoms with Gasteiger partial charge in [-0.25, -0.2) is 5.43 Å². The van der Waals surface area contributed by atoms with Crippen LogP contribution in [-0.2, 0) is 6.61 Å². The highest BCUT2D eigenvalue weighted by molar-refractivity contribution is 5.95.